The third kappa shape index (κ3) is 5.29. The van der Waals surface area contributed by atoms with Gasteiger partial charge in [0.05, 0.1) is 5.92 Å². The lowest BCUT2D eigenvalue weighted by Gasteiger charge is -2.31. The molecule has 8 nitrogen and oxygen atoms in total. The maximum atomic E-state index is 12.6. The van der Waals surface area contributed by atoms with Crippen molar-refractivity contribution in [3.8, 4) is 0 Å². The topological polar surface area (TPSA) is 105 Å². The quantitative estimate of drug-likeness (QED) is 0.771. The Balaban J connectivity index is 1.85. The highest BCUT2D eigenvalue weighted by Gasteiger charge is 2.31. The summed E-state index contributed by atoms with van der Waals surface area (Å²) in [6, 6.07) is 6.74. The van der Waals surface area contributed by atoms with Crippen molar-refractivity contribution in [1.29, 1.82) is 0 Å². The molecule has 0 aliphatic carbocycles. The molecule has 4 amide bonds. The van der Waals surface area contributed by atoms with Gasteiger partial charge in [-0.15, -0.1) is 0 Å². The number of esters is 1. The molecule has 1 aliphatic rings. The summed E-state index contributed by atoms with van der Waals surface area (Å²) >= 11 is 0. The largest absolute Gasteiger partial charge is 0.452 e. The van der Waals surface area contributed by atoms with Gasteiger partial charge in [-0.2, -0.15) is 0 Å². The van der Waals surface area contributed by atoms with Crippen LogP contribution in [0.3, 0.4) is 0 Å². The van der Waals surface area contributed by atoms with Gasteiger partial charge in [0.15, 0.2) is 6.10 Å². The van der Waals surface area contributed by atoms with Crippen LogP contribution in [-0.2, 0) is 14.3 Å². The number of hydrogen-bond acceptors (Lipinski definition) is 5. The van der Waals surface area contributed by atoms with Crippen LogP contribution in [0.5, 0.6) is 0 Å². The van der Waals surface area contributed by atoms with Crippen LogP contribution in [0.2, 0.25) is 0 Å². The minimum Gasteiger partial charge on any atom is -0.452 e. The first-order valence-corrected chi connectivity index (χ1v) is 8.91. The van der Waals surface area contributed by atoms with E-state index in [1.165, 1.54) is 14.0 Å². The number of amides is 4. The molecule has 1 aromatic carbocycles. The van der Waals surface area contributed by atoms with E-state index >= 15 is 0 Å². The number of carbonyl (C=O) groups is 4. The fourth-order valence-electron chi connectivity index (χ4n) is 2.90. The molecule has 1 saturated heterocycles. The van der Waals surface area contributed by atoms with Gasteiger partial charge in [-0.05, 0) is 38.3 Å². The minimum atomic E-state index is -1.07. The number of likely N-dealkylation sites (tertiary alicyclic amines) is 1. The zero-order valence-corrected chi connectivity index (χ0v) is 15.8. The monoisotopic (exact) mass is 375 g/mol. The highest BCUT2D eigenvalue weighted by Crippen LogP contribution is 2.22. The van der Waals surface area contributed by atoms with Crippen molar-refractivity contribution in [2.45, 2.75) is 32.8 Å². The van der Waals surface area contributed by atoms with Crippen LogP contribution >= 0.6 is 0 Å². The first kappa shape index (κ1) is 20.4. The fourth-order valence-corrected chi connectivity index (χ4v) is 2.90. The van der Waals surface area contributed by atoms with Crippen molar-refractivity contribution in [3.05, 3.63) is 35.4 Å². The molecule has 27 heavy (non-hydrogen) atoms. The number of nitrogens with zero attached hydrogens (tertiary/aromatic N) is 1. The lowest BCUT2D eigenvalue weighted by atomic mass is 9.96. The average Bonchev–Trinajstić information content (AvgIpc) is 2.67. The van der Waals surface area contributed by atoms with Crippen LogP contribution in [0, 0.1) is 12.8 Å². The van der Waals surface area contributed by atoms with E-state index < -0.39 is 24.0 Å². The number of aryl methyl sites for hydroxylation is 1. The molecule has 0 radical (unpaired) electrons. The van der Waals surface area contributed by atoms with Gasteiger partial charge in [0, 0.05) is 25.7 Å². The summed E-state index contributed by atoms with van der Waals surface area (Å²) in [5.41, 5.74) is 1.58. The van der Waals surface area contributed by atoms with Crippen molar-refractivity contribution in [1.82, 2.24) is 15.5 Å². The molecule has 0 saturated carbocycles. The van der Waals surface area contributed by atoms with Crippen molar-refractivity contribution < 1.29 is 23.9 Å². The van der Waals surface area contributed by atoms with E-state index in [0.29, 0.717) is 31.5 Å². The van der Waals surface area contributed by atoms with Crippen LogP contribution in [0.15, 0.2) is 24.3 Å². The molecule has 1 heterocycles. The van der Waals surface area contributed by atoms with E-state index in [1.807, 2.05) is 25.1 Å². The Morgan fingerprint density at radius 2 is 1.78 bits per heavy atom. The molecule has 0 aromatic heterocycles. The zero-order chi connectivity index (χ0) is 20.0. The van der Waals surface area contributed by atoms with Gasteiger partial charge in [-0.25, -0.2) is 4.79 Å². The number of benzene rings is 1. The number of imide groups is 1. The molecule has 0 unspecified atom stereocenters. The number of nitrogens with one attached hydrogen (secondary N) is 2. The summed E-state index contributed by atoms with van der Waals surface area (Å²) in [5.74, 6) is -1.59. The summed E-state index contributed by atoms with van der Waals surface area (Å²) in [4.78, 5) is 49.5. The zero-order valence-electron chi connectivity index (χ0n) is 15.8. The van der Waals surface area contributed by atoms with Crippen LogP contribution in [0.4, 0.5) is 4.79 Å². The summed E-state index contributed by atoms with van der Waals surface area (Å²) in [5, 5.41) is 4.32. The first-order valence-electron chi connectivity index (χ1n) is 8.91. The highest BCUT2D eigenvalue weighted by atomic mass is 16.5. The van der Waals surface area contributed by atoms with E-state index in [1.54, 1.807) is 11.0 Å². The lowest BCUT2D eigenvalue weighted by molar-refractivity contribution is -0.159. The Kier molecular flexibility index (Phi) is 6.92. The Bertz CT molecular complexity index is 726. The first-order chi connectivity index (χ1) is 12.8. The molecule has 0 spiro atoms. The van der Waals surface area contributed by atoms with E-state index in [9.17, 15) is 19.2 Å². The number of urea groups is 1. The van der Waals surface area contributed by atoms with Gasteiger partial charge in [0.1, 0.15) is 0 Å². The van der Waals surface area contributed by atoms with E-state index in [2.05, 4.69) is 10.6 Å². The van der Waals surface area contributed by atoms with Gasteiger partial charge in [0.2, 0.25) is 0 Å². The van der Waals surface area contributed by atoms with Gasteiger partial charge in [-0.1, -0.05) is 18.2 Å². The van der Waals surface area contributed by atoms with Crippen LogP contribution < -0.4 is 10.6 Å². The number of piperidine rings is 1. The summed E-state index contributed by atoms with van der Waals surface area (Å²) in [7, 11) is 1.38. The summed E-state index contributed by atoms with van der Waals surface area (Å²) < 4.78 is 5.16. The Morgan fingerprint density at radius 3 is 2.37 bits per heavy atom. The van der Waals surface area contributed by atoms with Crippen LogP contribution in [-0.4, -0.2) is 55.0 Å². The Labute approximate surface area is 158 Å². The average molecular weight is 375 g/mol. The van der Waals surface area contributed by atoms with Crippen molar-refractivity contribution in [3.63, 3.8) is 0 Å². The normalized spacial score (nSPS) is 15.6. The van der Waals surface area contributed by atoms with Crippen LogP contribution in [0.25, 0.3) is 0 Å². The van der Waals surface area contributed by atoms with Gasteiger partial charge in [-0.3, -0.25) is 19.7 Å². The Hall–Kier alpha value is -2.90. The summed E-state index contributed by atoms with van der Waals surface area (Å²) in [6.45, 7) is 4.20. The maximum Gasteiger partial charge on any atom is 0.321 e. The molecular formula is C19H25N3O5. The number of hydrogen-bond donors (Lipinski definition) is 2. The second-order valence-corrected chi connectivity index (χ2v) is 6.53. The molecule has 1 fully saturated rings. The molecular weight excluding hydrogens is 350 g/mol. The molecule has 2 rings (SSSR count). The van der Waals surface area contributed by atoms with E-state index in [0.717, 1.165) is 5.56 Å². The smallest absolute Gasteiger partial charge is 0.321 e. The SMILES string of the molecule is CNC(=O)NC(=O)[C@H](C)OC(=O)C1CCN(C(=O)c2ccccc2C)CC1. The third-order valence-electron chi connectivity index (χ3n) is 4.62. The number of carbonyl (C=O) groups excluding carboxylic acids is 4. The van der Waals surface area contributed by atoms with Crippen molar-refractivity contribution in [2.75, 3.05) is 20.1 Å². The molecule has 0 bridgehead atoms. The fraction of sp³-hybridized carbons (Fsp3) is 0.474. The van der Waals surface area contributed by atoms with Crippen LogP contribution in [0.1, 0.15) is 35.7 Å². The third-order valence-corrected chi connectivity index (χ3v) is 4.62. The highest BCUT2D eigenvalue weighted by molar-refractivity contribution is 5.97. The molecule has 1 aromatic rings. The summed E-state index contributed by atoms with van der Waals surface area (Å²) in [6.07, 6.45) is -0.123. The predicted octanol–water partition coefficient (Wildman–Crippen LogP) is 1.23. The van der Waals surface area contributed by atoms with Gasteiger partial charge < -0.3 is 15.0 Å². The number of ether oxygens (including phenoxy) is 1. The molecule has 1 atom stereocenters. The molecule has 146 valence electrons. The minimum absolute atomic E-state index is 0.0433. The molecule has 8 heteroatoms. The second kappa shape index (κ2) is 9.16. The molecule has 1 aliphatic heterocycles. The second-order valence-electron chi connectivity index (χ2n) is 6.53. The van der Waals surface area contributed by atoms with Gasteiger partial charge >= 0.3 is 12.0 Å². The maximum absolute atomic E-state index is 12.6. The Morgan fingerprint density at radius 1 is 1.15 bits per heavy atom. The predicted molar refractivity (Wildman–Crippen MR) is 98.0 cm³/mol. The molecule has 2 N–H and O–H groups in total. The van der Waals surface area contributed by atoms with E-state index in [-0.39, 0.29) is 11.8 Å². The van der Waals surface area contributed by atoms with E-state index in [4.69, 9.17) is 4.74 Å². The lowest BCUT2D eigenvalue weighted by Crippen LogP contribution is -2.45. The van der Waals surface area contributed by atoms with Gasteiger partial charge in [0.25, 0.3) is 11.8 Å². The standard InChI is InChI=1S/C19H25N3O5/c1-12-6-4-5-7-15(12)17(24)22-10-8-14(9-11-22)18(25)27-13(2)16(23)21-19(26)20-3/h4-7,13-14H,8-11H2,1-3H3,(H2,20,21,23,26)/t13-/m0/s1. The number of rotatable bonds is 4. The van der Waals surface area contributed by atoms with Crippen molar-refractivity contribution >= 4 is 23.8 Å². The van der Waals surface area contributed by atoms with Crippen molar-refractivity contribution in [2.24, 2.45) is 5.92 Å².